The molecular formula is C18H16N2O2. The molecule has 0 saturated carbocycles. The minimum absolute atomic E-state index is 0.583. The Kier molecular flexibility index (Phi) is 3.20. The van der Waals surface area contributed by atoms with Gasteiger partial charge in [0, 0.05) is 23.8 Å². The lowest BCUT2D eigenvalue weighted by Crippen LogP contribution is -2.12. The van der Waals surface area contributed by atoms with Gasteiger partial charge in [0.2, 0.25) is 0 Å². The molecule has 0 N–H and O–H groups in total. The van der Waals surface area contributed by atoms with E-state index in [0.717, 1.165) is 11.4 Å². The zero-order valence-electron chi connectivity index (χ0n) is 12.1. The SMILES string of the molecule is C1=CN(c2ccc(-c3ccc(N4C=COC4)cc3)cc2)CO1. The van der Waals surface area contributed by atoms with E-state index in [-0.39, 0.29) is 0 Å². The maximum absolute atomic E-state index is 5.21. The summed E-state index contributed by atoms with van der Waals surface area (Å²) in [6.07, 6.45) is 7.30. The van der Waals surface area contributed by atoms with E-state index in [9.17, 15) is 0 Å². The van der Waals surface area contributed by atoms with Crippen LogP contribution >= 0.6 is 0 Å². The van der Waals surface area contributed by atoms with Gasteiger partial charge >= 0.3 is 0 Å². The van der Waals surface area contributed by atoms with Crippen molar-refractivity contribution in [2.24, 2.45) is 0 Å². The first-order valence-electron chi connectivity index (χ1n) is 7.20. The second kappa shape index (κ2) is 5.48. The standard InChI is InChI=1S/C18H16N2O2/c1-5-17(19-9-11-21-13-19)6-2-15(1)16-3-7-18(8-4-16)20-10-12-22-14-20/h1-12H,13-14H2. The van der Waals surface area contributed by atoms with Crippen molar-refractivity contribution in [3.63, 3.8) is 0 Å². The van der Waals surface area contributed by atoms with Crippen LogP contribution < -0.4 is 9.80 Å². The molecule has 2 aromatic rings. The number of rotatable bonds is 3. The maximum Gasteiger partial charge on any atom is 0.164 e. The first-order valence-corrected chi connectivity index (χ1v) is 7.20. The van der Waals surface area contributed by atoms with Gasteiger partial charge in [-0.05, 0) is 35.4 Å². The molecule has 0 atom stereocenters. The lowest BCUT2D eigenvalue weighted by atomic mass is 10.0. The molecule has 2 aliphatic rings. The molecule has 0 fully saturated rings. The van der Waals surface area contributed by atoms with Crippen molar-refractivity contribution in [2.45, 2.75) is 0 Å². The molecule has 0 amide bonds. The van der Waals surface area contributed by atoms with Gasteiger partial charge in [-0.3, -0.25) is 0 Å². The summed E-state index contributed by atoms with van der Waals surface area (Å²) in [5.41, 5.74) is 4.67. The van der Waals surface area contributed by atoms with E-state index in [0.29, 0.717) is 13.5 Å². The van der Waals surface area contributed by atoms with Crippen LogP contribution in [0.2, 0.25) is 0 Å². The summed E-state index contributed by atoms with van der Waals surface area (Å²) < 4.78 is 10.4. The summed E-state index contributed by atoms with van der Waals surface area (Å²) in [5, 5.41) is 0. The summed E-state index contributed by atoms with van der Waals surface area (Å²) in [5.74, 6) is 0. The van der Waals surface area contributed by atoms with E-state index in [2.05, 4.69) is 58.3 Å². The Morgan fingerprint density at radius 1 is 0.591 bits per heavy atom. The van der Waals surface area contributed by atoms with Crippen LogP contribution in [0.4, 0.5) is 11.4 Å². The van der Waals surface area contributed by atoms with Gasteiger partial charge in [-0.2, -0.15) is 0 Å². The van der Waals surface area contributed by atoms with Crippen LogP contribution in [-0.2, 0) is 9.47 Å². The summed E-state index contributed by atoms with van der Waals surface area (Å²) in [6.45, 7) is 1.17. The van der Waals surface area contributed by atoms with Gasteiger partial charge in [0.15, 0.2) is 13.5 Å². The largest absolute Gasteiger partial charge is 0.479 e. The van der Waals surface area contributed by atoms with Gasteiger partial charge in [-0.25, -0.2) is 0 Å². The third-order valence-corrected chi connectivity index (χ3v) is 3.83. The monoisotopic (exact) mass is 292 g/mol. The molecule has 2 aliphatic heterocycles. The fourth-order valence-corrected chi connectivity index (χ4v) is 2.58. The lowest BCUT2D eigenvalue weighted by Gasteiger charge is -2.15. The topological polar surface area (TPSA) is 24.9 Å². The molecule has 0 unspecified atom stereocenters. The summed E-state index contributed by atoms with van der Waals surface area (Å²) in [7, 11) is 0. The molecule has 110 valence electrons. The average molecular weight is 292 g/mol. The number of ether oxygens (including phenoxy) is 2. The Morgan fingerprint density at radius 3 is 1.32 bits per heavy atom. The van der Waals surface area contributed by atoms with E-state index in [1.54, 1.807) is 12.5 Å². The average Bonchev–Trinajstić information content (AvgIpc) is 3.29. The number of benzene rings is 2. The molecule has 0 aromatic heterocycles. The normalized spacial score (nSPS) is 16.0. The Labute approximate surface area is 129 Å². The smallest absolute Gasteiger partial charge is 0.164 e. The van der Waals surface area contributed by atoms with Crippen LogP contribution in [0.15, 0.2) is 73.5 Å². The minimum atomic E-state index is 0.583. The van der Waals surface area contributed by atoms with Gasteiger partial charge in [-0.1, -0.05) is 24.3 Å². The molecule has 2 aromatic carbocycles. The number of nitrogens with zero attached hydrogens (tertiary/aromatic N) is 2. The fraction of sp³-hybridized carbons (Fsp3) is 0.111. The molecule has 0 aliphatic carbocycles. The quantitative estimate of drug-likeness (QED) is 0.857. The number of hydrogen-bond acceptors (Lipinski definition) is 4. The maximum atomic E-state index is 5.21. The van der Waals surface area contributed by atoms with Crippen molar-refractivity contribution in [2.75, 3.05) is 23.3 Å². The second-order valence-electron chi connectivity index (χ2n) is 5.20. The molecule has 4 rings (SSSR count). The highest BCUT2D eigenvalue weighted by Gasteiger charge is 2.09. The first-order chi connectivity index (χ1) is 10.9. The van der Waals surface area contributed by atoms with E-state index in [4.69, 9.17) is 9.47 Å². The van der Waals surface area contributed by atoms with Gasteiger partial charge in [0.05, 0.1) is 0 Å². The predicted octanol–water partition coefficient (Wildman–Crippen LogP) is 3.88. The third-order valence-electron chi connectivity index (χ3n) is 3.83. The molecule has 4 nitrogen and oxygen atoms in total. The van der Waals surface area contributed by atoms with Crippen molar-refractivity contribution in [3.8, 4) is 11.1 Å². The Hall–Kier alpha value is -2.88. The van der Waals surface area contributed by atoms with Crippen molar-refractivity contribution in [1.82, 2.24) is 0 Å². The van der Waals surface area contributed by atoms with Crippen molar-refractivity contribution >= 4 is 11.4 Å². The van der Waals surface area contributed by atoms with Gasteiger partial charge in [-0.15, -0.1) is 0 Å². The van der Waals surface area contributed by atoms with Crippen LogP contribution in [0.3, 0.4) is 0 Å². The van der Waals surface area contributed by atoms with E-state index < -0.39 is 0 Å². The van der Waals surface area contributed by atoms with Crippen molar-refractivity contribution in [1.29, 1.82) is 0 Å². The zero-order chi connectivity index (χ0) is 14.8. The van der Waals surface area contributed by atoms with Crippen LogP contribution in [0.25, 0.3) is 11.1 Å². The van der Waals surface area contributed by atoms with Crippen LogP contribution in [-0.4, -0.2) is 13.5 Å². The van der Waals surface area contributed by atoms with Crippen molar-refractivity contribution < 1.29 is 9.47 Å². The fourth-order valence-electron chi connectivity index (χ4n) is 2.58. The molecule has 0 bridgehead atoms. The lowest BCUT2D eigenvalue weighted by molar-refractivity contribution is 0.282. The molecule has 0 radical (unpaired) electrons. The number of anilines is 2. The molecule has 0 saturated heterocycles. The zero-order valence-corrected chi connectivity index (χ0v) is 12.1. The highest BCUT2D eigenvalue weighted by molar-refractivity contribution is 5.69. The molecule has 22 heavy (non-hydrogen) atoms. The molecule has 0 spiro atoms. The predicted molar refractivity (Wildman–Crippen MR) is 87.0 cm³/mol. The van der Waals surface area contributed by atoms with Crippen LogP contribution in [0.1, 0.15) is 0 Å². The Morgan fingerprint density at radius 2 is 1.00 bits per heavy atom. The second-order valence-corrected chi connectivity index (χ2v) is 5.20. The highest BCUT2D eigenvalue weighted by Crippen LogP contribution is 2.27. The third kappa shape index (κ3) is 2.39. The summed E-state index contributed by atoms with van der Waals surface area (Å²) >= 11 is 0. The van der Waals surface area contributed by atoms with Crippen LogP contribution in [0.5, 0.6) is 0 Å². The summed E-state index contributed by atoms with van der Waals surface area (Å²) in [6, 6.07) is 17.0. The molecule has 4 heteroatoms. The van der Waals surface area contributed by atoms with E-state index >= 15 is 0 Å². The van der Waals surface area contributed by atoms with E-state index in [1.807, 2.05) is 12.4 Å². The van der Waals surface area contributed by atoms with Crippen LogP contribution in [0, 0.1) is 0 Å². The van der Waals surface area contributed by atoms with Gasteiger partial charge in [0.25, 0.3) is 0 Å². The molecule has 2 heterocycles. The number of hydrogen-bond donors (Lipinski definition) is 0. The summed E-state index contributed by atoms with van der Waals surface area (Å²) in [4.78, 5) is 4.12. The van der Waals surface area contributed by atoms with Gasteiger partial charge < -0.3 is 19.3 Å². The Bertz CT molecular complexity index is 641. The van der Waals surface area contributed by atoms with E-state index in [1.165, 1.54) is 11.1 Å². The first kappa shape index (κ1) is 12.8. The minimum Gasteiger partial charge on any atom is -0.479 e. The van der Waals surface area contributed by atoms with Crippen molar-refractivity contribution in [3.05, 3.63) is 73.5 Å². The Balaban J connectivity index is 1.53. The van der Waals surface area contributed by atoms with Gasteiger partial charge in [0.1, 0.15) is 12.5 Å². The highest BCUT2D eigenvalue weighted by atomic mass is 16.5. The molecular weight excluding hydrogens is 276 g/mol.